The van der Waals surface area contributed by atoms with Crippen LogP contribution in [0, 0.1) is 0 Å². The van der Waals surface area contributed by atoms with Gasteiger partial charge in [0.05, 0.1) is 17.9 Å². The maximum absolute atomic E-state index is 4.65. The van der Waals surface area contributed by atoms with E-state index in [1.54, 1.807) is 29.3 Å². The maximum Gasteiger partial charge on any atom is 0.210 e. The van der Waals surface area contributed by atoms with Crippen LogP contribution in [-0.4, -0.2) is 30.2 Å². The zero-order chi connectivity index (χ0) is 16.9. The third kappa shape index (κ3) is 3.92. The maximum atomic E-state index is 4.65. The highest BCUT2D eigenvalue weighted by atomic mass is 32.2. The molecule has 0 atom stereocenters. The number of nitrogens with zero attached hydrogens (tertiary/aromatic N) is 6. The molecule has 6 nitrogen and oxygen atoms in total. The van der Waals surface area contributed by atoms with Gasteiger partial charge in [-0.3, -0.25) is 4.98 Å². The van der Waals surface area contributed by atoms with Crippen LogP contribution in [0.2, 0.25) is 0 Å². The average Bonchev–Trinajstić information content (AvgIpc) is 3.31. The molecule has 0 fully saturated rings. The van der Waals surface area contributed by atoms with Crippen molar-refractivity contribution in [2.75, 3.05) is 0 Å². The van der Waals surface area contributed by atoms with E-state index < -0.39 is 0 Å². The normalized spacial score (nSPS) is 10.9. The van der Waals surface area contributed by atoms with Crippen LogP contribution >= 0.6 is 23.1 Å². The van der Waals surface area contributed by atoms with E-state index in [1.807, 2.05) is 41.1 Å². The summed E-state index contributed by atoms with van der Waals surface area (Å²) < 4.78 is 1.81. The van der Waals surface area contributed by atoms with Gasteiger partial charge >= 0.3 is 0 Å². The first kappa shape index (κ1) is 15.9. The molecule has 0 saturated heterocycles. The Morgan fingerprint density at radius 1 is 1.04 bits per heavy atom. The zero-order valence-electron chi connectivity index (χ0n) is 13.2. The van der Waals surface area contributed by atoms with Gasteiger partial charge in [-0.05, 0) is 28.1 Å². The summed E-state index contributed by atoms with van der Waals surface area (Å²) in [6.07, 6.45) is 1.78. The van der Waals surface area contributed by atoms with Gasteiger partial charge in [-0.2, -0.15) is 0 Å². The highest BCUT2D eigenvalue weighted by molar-refractivity contribution is 7.98. The van der Waals surface area contributed by atoms with Gasteiger partial charge in [-0.15, -0.1) is 16.4 Å². The van der Waals surface area contributed by atoms with E-state index in [9.17, 15) is 0 Å². The summed E-state index contributed by atoms with van der Waals surface area (Å²) in [5.41, 5.74) is 3.07. The highest BCUT2D eigenvalue weighted by Gasteiger charge is 2.10. The van der Waals surface area contributed by atoms with Crippen LogP contribution in [0.4, 0.5) is 0 Å². The van der Waals surface area contributed by atoms with Gasteiger partial charge in [0.25, 0.3) is 0 Å². The third-order valence-corrected chi connectivity index (χ3v) is 5.36. The first-order valence-electron chi connectivity index (χ1n) is 7.67. The lowest BCUT2D eigenvalue weighted by Crippen LogP contribution is -2.03. The molecular weight excluding hydrogens is 352 g/mol. The Morgan fingerprint density at radius 2 is 1.92 bits per heavy atom. The van der Waals surface area contributed by atoms with Gasteiger partial charge in [0.1, 0.15) is 5.01 Å². The smallest absolute Gasteiger partial charge is 0.210 e. The molecular formula is C17H14N6S2. The summed E-state index contributed by atoms with van der Waals surface area (Å²) in [5, 5.41) is 15.8. The van der Waals surface area contributed by atoms with Crippen molar-refractivity contribution in [3.05, 3.63) is 71.4 Å². The minimum Gasteiger partial charge on any atom is -0.254 e. The first-order chi connectivity index (χ1) is 12.4. The van der Waals surface area contributed by atoms with E-state index in [1.165, 1.54) is 5.56 Å². The van der Waals surface area contributed by atoms with Crippen molar-refractivity contribution < 1.29 is 0 Å². The largest absolute Gasteiger partial charge is 0.254 e. The van der Waals surface area contributed by atoms with Gasteiger partial charge in [-0.25, -0.2) is 9.67 Å². The third-order valence-electron chi connectivity index (χ3n) is 3.46. The fourth-order valence-electron chi connectivity index (χ4n) is 2.27. The summed E-state index contributed by atoms with van der Waals surface area (Å²) in [6.45, 7) is 0.659. The molecule has 0 aliphatic carbocycles. The predicted octanol–water partition coefficient (Wildman–Crippen LogP) is 3.53. The zero-order valence-corrected chi connectivity index (χ0v) is 14.8. The van der Waals surface area contributed by atoms with Crippen molar-refractivity contribution in [2.24, 2.45) is 0 Å². The second-order valence-corrected chi connectivity index (χ2v) is 7.05. The van der Waals surface area contributed by atoms with Crippen LogP contribution in [0.15, 0.2) is 65.3 Å². The molecule has 25 heavy (non-hydrogen) atoms. The van der Waals surface area contributed by atoms with Gasteiger partial charge in [0.15, 0.2) is 0 Å². The fraction of sp³-hybridized carbons (Fsp3) is 0.118. The van der Waals surface area contributed by atoms with E-state index in [0.717, 1.165) is 27.3 Å². The lowest BCUT2D eigenvalue weighted by molar-refractivity contribution is 0.603. The lowest BCUT2D eigenvalue weighted by Gasteiger charge is -2.03. The molecule has 0 N–H and O–H groups in total. The van der Waals surface area contributed by atoms with Gasteiger partial charge in [0, 0.05) is 17.3 Å². The molecule has 8 heteroatoms. The Kier molecular flexibility index (Phi) is 4.80. The Hall–Kier alpha value is -2.58. The monoisotopic (exact) mass is 366 g/mol. The number of thiazole rings is 1. The number of hydrogen-bond acceptors (Lipinski definition) is 7. The van der Waals surface area contributed by atoms with Crippen molar-refractivity contribution in [3.8, 4) is 10.7 Å². The lowest BCUT2D eigenvalue weighted by atomic mass is 10.2. The van der Waals surface area contributed by atoms with E-state index in [2.05, 4.69) is 43.0 Å². The number of aromatic nitrogens is 6. The summed E-state index contributed by atoms with van der Waals surface area (Å²) in [5.74, 6) is 0.721. The number of thioether (sulfide) groups is 1. The van der Waals surface area contributed by atoms with E-state index >= 15 is 0 Å². The second kappa shape index (κ2) is 7.54. The average molecular weight is 366 g/mol. The van der Waals surface area contributed by atoms with E-state index in [0.29, 0.717) is 6.54 Å². The molecule has 4 aromatic rings. The van der Waals surface area contributed by atoms with Crippen molar-refractivity contribution in [1.29, 1.82) is 0 Å². The van der Waals surface area contributed by atoms with Crippen molar-refractivity contribution in [1.82, 2.24) is 30.2 Å². The Labute approximate surface area is 153 Å². The molecule has 0 spiro atoms. The molecule has 0 bridgehead atoms. The molecule has 0 amide bonds. The molecule has 3 aromatic heterocycles. The van der Waals surface area contributed by atoms with Crippen LogP contribution in [0.3, 0.4) is 0 Å². The van der Waals surface area contributed by atoms with Crippen LogP contribution in [0.25, 0.3) is 10.7 Å². The molecule has 0 aliphatic heterocycles. The Balaban J connectivity index is 1.43. The number of rotatable bonds is 6. The van der Waals surface area contributed by atoms with Gasteiger partial charge in [0.2, 0.25) is 5.16 Å². The van der Waals surface area contributed by atoms with Crippen LogP contribution in [0.1, 0.15) is 11.3 Å². The second-order valence-electron chi connectivity index (χ2n) is 5.25. The Morgan fingerprint density at radius 3 is 2.76 bits per heavy atom. The standard InChI is InChI=1S/C17H14N6S2/c1-2-6-13(7-3-1)10-23-17(20-21-22-23)25-12-14-11-24-16(19-14)15-8-4-5-9-18-15/h1-9,11H,10,12H2. The summed E-state index contributed by atoms with van der Waals surface area (Å²) in [6, 6.07) is 16.0. The van der Waals surface area contributed by atoms with Crippen molar-refractivity contribution in [2.45, 2.75) is 17.5 Å². The molecule has 1 aromatic carbocycles. The number of benzene rings is 1. The topological polar surface area (TPSA) is 69.4 Å². The molecule has 3 heterocycles. The minimum absolute atomic E-state index is 0.659. The van der Waals surface area contributed by atoms with Crippen LogP contribution in [-0.2, 0) is 12.3 Å². The summed E-state index contributed by atoms with van der Waals surface area (Å²) in [7, 11) is 0. The number of pyridine rings is 1. The fourth-order valence-corrected chi connectivity index (χ4v) is 3.94. The number of hydrogen-bond donors (Lipinski definition) is 0. The summed E-state index contributed by atoms with van der Waals surface area (Å²) in [4.78, 5) is 8.99. The minimum atomic E-state index is 0.659. The molecule has 0 saturated carbocycles. The van der Waals surface area contributed by atoms with Gasteiger partial charge in [-0.1, -0.05) is 48.2 Å². The first-order valence-corrected chi connectivity index (χ1v) is 9.54. The molecule has 0 aliphatic rings. The van der Waals surface area contributed by atoms with E-state index in [4.69, 9.17) is 0 Å². The quantitative estimate of drug-likeness (QED) is 0.486. The summed E-state index contributed by atoms with van der Waals surface area (Å²) >= 11 is 3.19. The predicted molar refractivity (Wildman–Crippen MR) is 98.3 cm³/mol. The number of tetrazole rings is 1. The van der Waals surface area contributed by atoms with Crippen molar-refractivity contribution >= 4 is 23.1 Å². The van der Waals surface area contributed by atoms with Gasteiger partial charge < -0.3 is 0 Å². The molecule has 0 radical (unpaired) electrons. The SMILES string of the molecule is c1ccc(Cn2nnnc2SCc2csc(-c3ccccn3)n2)cc1. The molecule has 124 valence electrons. The van der Waals surface area contributed by atoms with Crippen LogP contribution < -0.4 is 0 Å². The van der Waals surface area contributed by atoms with Crippen molar-refractivity contribution in [3.63, 3.8) is 0 Å². The van der Waals surface area contributed by atoms with E-state index in [-0.39, 0.29) is 0 Å². The Bertz CT molecular complexity index is 936. The van der Waals surface area contributed by atoms with Crippen LogP contribution in [0.5, 0.6) is 0 Å². The molecule has 0 unspecified atom stereocenters. The highest BCUT2D eigenvalue weighted by Crippen LogP contribution is 2.26. The molecule has 4 rings (SSSR count).